The van der Waals surface area contributed by atoms with Crippen LogP contribution in [0.2, 0.25) is 5.02 Å². The second kappa shape index (κ2) is 8.53. The minimum absolute atomic E-state index is 0.0458. The molecule has 2 aromatic rings. The van der Waals surface area contributed by atoms with Crippen LogP contribution >= 0.6 is 11.6 Å². The molecule has 1 saturated heterocycles. The number of sulfonamides is 1. The first-order valence-electron chi connectivity index (χ1n) is 9.05. The highest BCUT2D eigenvalue weighted by Gasteiger charge is 2.44. The smallest absolute Gasteiger partial charge is 0.267 e. The number of hydrogen-bond donors (Lipinski definition) is 1. The molecular weight excluding hydrogens is 432 g/mol. The van der Waals surface area contributed by atoms with Crippen molar-refractivity contribution in [2.45, 2.75) is 30.7 Å². The predicted molar refractivity (Wildman–Crippen MR) is 111 cm³/mol. The maximum absolute atomic E-state index is 13.1. The highest BCUT2D eigenvalue weighted by atomic mass is 35.5. The maximum Gasteiger partial charge on any atom is 0.267 e. The van der Waals surface area contributed by atoms with Gasteiger partial charge < -0.3 is 14.8 Å². The van der Waals surface area contributed by atoms with Crippen LogP contribution in [0.15, 0.2) is 41.3 Å². The number of aryl methyl sites for hydroxylation is 1. The second-order valence-electron chi connectivity index (χ2n) is 6.72. The van der Waals surface area contributed by atoms with Crippen LogP contribution in [0, 0.1) is 6.92 Å². The number of amides is 2. The van der Waals surface area contributed by atoms with E-state index in [2.05, 4.69) is 5.32 Å². The molecule has 1 N–H and O–H groups in total. The summed E-state index contributed by atoms with van der Waals surface area (Å²) in [7, 11) is -1.28. The van der Waals surface area contributed by atoms with Gasteiger partial charge in [0.1, 0.15) is 17.5 Å². The van der Waals surface area contributed by atoms with Gasteiger partial charge in [0.05, 0.1) is 24.1 Å². The lowest BCUT2D eigenvalue weighted by molar-refractivity contribution is -0.128. The number of ether oxygens (including phenoxy) is 2. The van der Waals surface area contributed by atoms with Crippen molar-refractivity contribution < 1.29 is 27.5 Å². The summed E-state index contributed by atoms with van der Waals surface area (Å²) in [6.45, 7) is 1.70. The van der Waals surface area contributed by atoms with E-state index in [-0.39, 0.29) is 22.8 Å². The quantitative estimate of drug-likeness (QED) is 0.722. The van der Waals surface area contributed by atoms with Crippen LogP contribution in [-0.2, 0) is 19.6 Å². The largest absolute Gasteiger partial charge is 0.496 e. The van der Waals surface area contributed by atoms with Gasteiger partial charge in [0.15, 0.2) is 0 Å². The zero-order valence-electron chi connectivity index (χ0n) is 16.6. The van der Waals surface area contributed by atoms with E-state index < -0.39 is 27.9 Å². The summed E-state index contributed by atoms with van der Waals surface area (Å²) in [5.41, 5.74) is 0.960. The fraction of sp³-hybridized carbons (Fsp3) is 0.300. The van der Waals surface area contributed by atoms with Crippen LogP contribution in [-0.4, -0.2) is 44.8 Å². The van der Waals surface area contributed by atoms with Gasteiger partial charge in [-0.25, -0.2) is 12.7 Å². The number of methoxy groups -OCH3 is 2. The van der Waals surface area contributed by atoms with Crippen molar-refractivity contribution in [1.29, 1.82) is 0 Å². The molecule has 160 valence electrons. The Bertz CT molecular complexity index is 1100. The molecule has 10 heteroatoms. The molecular formula is C20H21ClN2O6S. The lowest BCUT2D eigenvalue weighted by Crippen LogP contribution is -2.45. The van der Waals surface area contributed by atoms with E-state index in [9.17, 15) is 18.0 Å². The molecule has 0 spiro atoms. The van der Waals surface area contributed by atoms with E-state index in [4.69, 9.17) is 21.1 Å². The van der Waals surface area contributed by atoms with Gasteiger partial charge in [0.25, 0.3) is 10.0 Å². The van der Waals surface area contributed by atoms with Gasteiger partial charge in [-0.3, -0.25) is 9.59 Å². The van der Waals surface area contributed by atoms with Crippen molar-refractivity contribution in [2.24, 2.45) is 0 Å². The van der Waals surface area contributed by atoms with Crippen molar-refractivity contribution >= 4 is 39.1 Å². The highest BCUT2D eigenvalue weighted by Crippen LogP contribution is 2.31. The van der Waals surface area contributed by atoms with Crippen LogP contribution in [0.4, 0.5) is 5.69 Å². The molecule has 2 aromatic carbocycles. The summed E-state index contributed by atoms with van der Waals surface area (Å²) in [5.74, 6) is -0.288. The van der Waals surface area contributed by atoms with Gasteiger partial charge in [-0.2, -0.15) is 0 Å². The van der Waals surface area contributed by atoms with E-state index in [1.54, 1.807) is 19.1 Å². The number of nitrogens with zero attached hydrogens (tertiary/aromatic N) is 1. The Morgan fingerprint density at radius 2 is 1.80 bits per heavy atom. The molecule has 0 aliphatic carbocycles. The molecule has 0 bridgehead atoms. The third kappa shape index (κ3) is 4.08. The fourth-order valence-electron chi connectivity index (χ4n) is 3.30. The lowest BCUT2D eigenvalue weighted by atomic mass is 10.2. The summed E-state index contributed by atoms with van der Waals surface area (Å²) < 4.78 is 37.2. The summed E-state index contributed by atoms with van der Waals surface area (Å²) in [6.07, 6.45) is 0.0404. The highest BCUT2D eigenvalue weighted by molar-refractivity contribution is 7.89. The lowest BCUT2D eigenvalue weighted by Gasteiger charge is -2.24. The first-order valence-corrected chi connectivity index (χ1v) is 10.9. The molecule has 0 aromatic heterocycles. The van der Waals surface area contributed by atoms with E-state index in [0.29, 0.717) is 27.1 Å². The molecule has 0 radical (unpaired) electrons. The Morgan fingerprint density at radius 3 is 2.40 bits per heavy atom. The van der Waals surface area contributed by atoms with Crippen LogP contribution < -0.4 is 14.8 Å². The Labute approximate surface area is 179 Å². The Kier molecular flexibility index (Phi) is 6.23. The van der Waals surface area contributed by atoms with Crippen molar-refractivity contribution in [2.75, 3.05) is 19.5 Å². The van der Waals surface area contributed by atoms with Crippen molar-refractivity contribution in [3.8, 4) is 11.5 Å². The zero-order chi connectivity index (χ0) is 22.1. The molecule has 1 aliphatic rings. The fourth-order valence-corrected chi connectivity index (χ4v) is 5.24. The summed E-state index contributed by atoms with van der Waals surface area (Å²) >= 11 is 6.07. The number of carbonyl (C=O) groups excluding carboxylic acids is 2. The monoisotopic (exact) mass is 452 g/mol. The Balaban J connectivity index is 1.88. The molecule has 1 heterocycles. The summed E-state index contributed by atoms with van der Waals surface area (Å²) in [5, 5.41) is 2.91. The van der Waals surface area contributed by atoms with Crippen molar-refractivity contribution in [3.63, 3.8) is 0 Å². The van der Waals surface area contributed by atoms with Crippen LogP contribution in [0.1, 0.15) is 18.4 Å². The number of nitrogens with one attached hydrogen (secondary N) is 1. The van der Waals surface area contributed by atoms with E-state index in [0.717, 1.165) is 0 Å². The third-order valence-corrected chi connectivity index (χ3v) is 6.93. The van der Waals surface area contributed by atoms with E-state index in [1.807, 2.05) is 0 Å². The Hall–Kier alpha value is -2.78. The van der Waals surface area contributed by atoms with Crippen LogP contribution in [0.5, 0.6) is 11.5 Å². The molecule has 1 fully saturated rings. The first-order chi connectivity index (χ1) is 14.2. The van der Waals surface area contributed by atoms with Gasteiger partial charge in [-0.1, -0.05) is 11.6 Å². The topological polar surface area (TPSA) is 102 Å². The van der Waals surface area contributed by atoms with Gasteiger partial charge in [-0.15, -0.1) is 0 Å². The normalized spacial score (nSPS) is 16.5. The van der Waals surface area contributed by atoms with Gasteiger partial charge in [0, 0.05) is 12.1 Å². The van der Waals surface area contributed by atoms with Gasteiger partial charge in [0.2, 0.25) is 11.8 Å². The van der Waals surface area contributed by atoms with E-state index in [1.165, 1.54) is 38.5 Å². The van der Waals surface area contributed by atoms with Gasteiger partial charge in [-0.05, 0) is 55.3 Å². The predicted octanol–water partition coefficient (Wildman–Crippen LogP) is 2.98. The SMILES string of the molecule is COc1ccc(S(=O)(=O)N2C(=O)CC[C@H]2C(=O)Nc2ccc(OC)c(Cl)c2)cc1C. The average molecular weight is 453 g/mol. The minimum atomic E-state index is -4.22. The van der Waals surface area contributed by atoms with Crippen LogP contribution in [0.25, 0.3) is 0 Å². The summed E-state index contributed by atoms with van der Waals surface area (Å²) in [6, 6.07) is 7.75. The molecule has 0 saturated carbocycles. The van der Waals surface area contributed by atoms with Crippen LogP contribution in [0.3, 0.4) is 0 Å². The number of halogens is 1. The number of benzene rings is 2. The van der Waals surface area contributed by atoms with Crippen molar-refractivity contribution in [3.05, 3.63) is 47.0 Å². The molecule has 8 nitrogen and oxygen atoms in total. The Morgan fingerprint density at radius 1 is 1.13 bits per heavy atom. The molecule has 1 aliphatic heterocycles. The first kappa shape index (κ1) is 21.9. The molecule has 3 rings (SSSR count). The van der Waals surface area contributed by atoms with Gasteiger partial charge >= 0.3 is 0 Å². The minimum Gasteiger partial charge on any atom is -0.496 e. The number of carbonyl (C=O) groups is 2. The molecule has 30 heavy (non-hydrogen) atoms. The van der Waals surface area contributed by atoms with Crippen molar-refractivity contribution in [1.82, 2.24) is 4.31 Å². The number of hydrogen-bond acceptors (Lipinski definition) is 6. The average Bonchev–Trinajstić information content (AvgIpc) is 3.10. The molecule has 2 amide bonds. The second-order valence-corrected chi connectivity index (χ2v) is 8.94. The third-order valence-electron chi connectivity index (χ3n) is 4.81. The maximum atomic E-state index is 13.1. The van der Waals surface area contributed by atoms with E-state index >= 15 is 0 Å². The number of anilines is 1. The molecule has 1 atom stereocenters. The zero-order valence-corrected chi connectivity index (χ0v) is 18.2. The molecule has 0 unspecified atom stereocenters. The summed E-state index contributed by atoms with van der Waals surface area (Å²) in [4.78, 5) is 25.1. The number of rotatable bonds is 6. The standard InChI is InChI=1S/C20H21ClN2O6S/c1-12-10-14(5-8-17(12)28-2)30(26,27)23-16(6-9-19(23)24)20(25)22-13-4-7-18(29-3)15(21)11-13/h4-5,7-8,10-11,16H,6,9H2,1-3H3,(H,22,25)/t16-/m0/s1.